The first-order valence-corrected chi connectivity index (χ1v) is 11.2. The summed E-state index contributed by atoms with van der Waals surface area (Å²) >= 11 is 4.73. The van der Waals surface area contributed by atoms with Gasteiger partial charge in [-0.3, -0.25) is 9.36 Å². The quantitative estimate of drug-likeness (QED) is 0.339. The van der Waals surface area contributed by atoms with Crippen LogP contribution in [0, 0.1) is 12.7 Å². The molecule has 0 saturated carbocycles. The zero-order valence-electron chi connectivity index (χ0n) is 16.5. The number of nitrogens with zero attached hydrogens (tertiary/aromatic N) is 3. The highest BCUT2D eigenvalue weighted by Crippen LogP contribution is 2.28. The molecule has 5 nitrogen and oxygen atoms in total. The second-order valence-electron chi connectivity index (χ2n) is 6.78. The summed E-state index contributed by atoms with van der Waals surface area (Å²) in [6.45, 7) is 1.96. The number of hydrogen-bond donors (Lipinski definition) is 1. The minimum Gasteiger partial charge on any atom is -0.325 e. The third kappa shape index (κ3) is 5.03. The monoisotopic (exact) mass is 496 g/mol. The maximum Gasteiger partial charge on any atom is 0.234 e. The molecule has 1 aromatic heterocycles. The van der Waals surface area contributed by atoms with Gasteiger partial charge in [-0.15, -0.1) is 10.2 Å². The first-order chi connectivity index (χ1) is 15.0. The Morgan fingerprint density at radius 1 is 1.06 bits per heavy atom. The summed E-state index contributed by atoms with van der Waals surface area (Å²) in [5.74, 6) is 0.306. The predicted octanol–water partition coefficient (Wildman–Crippen LogP) is 5.88. The van der Waals surface area contributed by atoms with E-state index in [0.29, 0.717) is 11.0 Å². The van der Waals surface area contributed by atoms with Crippen LogP contribution in [0.2, 0.25) is 0 Å². The molecule has 4 aromatic rings. The van der Waals surface area contributed by atoms with E-state index in [4.69, 9.17) is 0 Å². The van der Waals surface area contributed by atoms with Crippen LogP contribution < -0.4 is 5.32 Å². The van der Waals surface area contributed by atoms with Crippen molar-refractivity contribution in [1.29, 1.82) is 0 Å². The lowest BCUT2D eigenvalue weighted by Crippen LogP contribution is -2.14. The highest BCUT2D eigenvalue weighted by molar-refractivity contribution is 9.10. The largest absolute Gasteiger partial charge is 0.325 e. The number of nitrogens with one attached hydrogen (secondary N) is 1. The fourth-order valence-corrected chi connectivity index (χ4v) is 4.01. The maximum absolute atomic E-state index is 13.5. The molecular formula is C23H18BrFN4OS. The number of anilines is 1. The molecule has 31 heavy (non-hydrogen) atoms. The van der Waals surface area contributed by atoms with Crippen molar-refractivity contribution in [3.8, 4) is 17.1 Å². The van der Waals surface area contributed by atoms with Crippen LogP contribution in [0.1, 0.15) is 5.56 Å². The van der Waals surface area contributed by atoms with Gasteiger partial charge in [-0.05, 0) is 55.0 Å². The number of amides is 1. The van der Waals surface area contributed by atoms with Crippen LogP contribution in [0.4, 0.5) is 10.1 Å². The van der Waals surface area contributed by atoms with Gasteiger partial charge in [0.25, 0.3) is 0 Å². The van der Waals surface area contributed by atoms with Crippen molar-refractivity contribution < 1.29 is 9.18 Å². The van der Waals surface area contributed by atoms with Gasteiger partial charge >= 0.3 is 0 Å². The summed E-state index contributed by atoms with van der Waals surface area (Å²) in [6.07, 6.45) is 0. The Bertz CT molecular complexity index is 1210. The highest BCUT2D eigenvalue weighted by atomic mass is 79.9. The first kappa shape index (κ1) is 21.3. The number of halogens is 2. The number of rotatable bonds is 6. The van der Waals surface area contributed by atoms with Gasteiger partial charge in [0.1, 0.15) is 5.82 Å². The van der Waals surface area contributed by atoms with E-state index in [9.17, 15) is 9.18 Å². The van der Waals surface area contributed by atoms with E-state index in [1.54, 1.807) is 12.1 Å². The lowest BCUT2D eigenvalue weighted by atomic mass is 10.2. The van der Waals surface area contributed by atoms with Gasteiger partial charge in [-0.25, -0.2) is 4.39 Å². The Hall–Kier alpha value is -2.97. The molecule has 8 heteroatoms. The molecule has 1 amide bonds. The highest BCUT2D eigenvalue weighted by Gasteiger charge is 2.17. The Balaban J connectivity index is 1.57. The first-order valence-electron chi connectivity index (χ1n) is 9.47. The molecule has 0 aliphatic carbocycles. The molecule has 0 atom stereocenters. The molecule has 0 fully saturated rings. The van der Waals surface area contributed by atoms with Crippen molar-refractivity contribution >= 4 is 39.3 Å². The molecule has 1 N–H and O–H groups in total. The van der Waals surface area contributed by atoms with Crippen LogP contribution in [-0.2, 0) is 4.79 Å². The fraction of sp³-hybridized carbons (Fsp3) is 0.0870. The lowest BCUT2D eigenvalue weighted by Gasteiger charge is -2.11. The Morgan fingerprint density at radius 2 is 1.81 bits per heavy atom. The van der Waals surface area contributed by atoms with Gasteiger partial charge in [0.15, 0.2) is 11.0 Å². The van der Waals surface area contributed by atoms with Crippen molar-refractivity contribution in [2.45, 2.75) is 12.1 Å². The van der Waals surface area contributed by atoms with Crippen molar-refractivity contribution in [2.24, 2.45) is 0 Å². The summed E-state index contributed by atoms with van der Waals surface area (Å²) in [5, 5.41) is 12.1. The molecule has 4 rings (SSSR count). The zero-order chi connectivity index (χ0) is 21.8. The smallest absolute Gasteiger partial charge is 0.234 e. The van der Waals surface area contributed by atoms with Crippen LogP contribution in [0.25, 0.3) is 17.1 Å². The fourth-order valence-electron chi connectivity index (χ4n) is 3.01. The molecule has 0 aliphatic heterocycles. The van der Waals surface area contributed by atoms with Crippen LogP contribution >= 0.6 is 27.7 Å². The van der Waals surface area contributed by atoms with E-state index < -0.39 is 0 Å². The number of carbonyl (C=O) groups is 1. The van der Waals surface area contributed by atoms with Gasteiger partial charge in [0.2, 0.25) is 5.91 Å². The summed E-state index contributed by atoms with van der Waals surface area (Å²) < 4.78 is 16.3. The summed E-state index contributed by atoms with van der Waals surface area (Å²) in [7, 11) is 0. The molecule has 3 aromatic carbocycles. The van der Waals surface area contributed by atoms with Gasteiger partial charge in [0.05, 0.1) is 5.75 Å². The number of hydrogen-bond acceptors (Lipinski definition) is 4. The molecule has 1 heterocycles. The standard InChI is InChI=1S/C23H18BrFN4OS/c1-15-13-18(9-12-20(15)24)26-21(30)14-31-23-28-27-22(16-5-3-2-4-6-16)29(23)19-10-7-17(25)8-11-19/h2-13H,14H2,1H3,(H,26,30). The third-order valence-corrected chi connectivity index (χ3v) is 6.34. The Morgan fingerprint density at radius 3 is 2.52 bits per heavy atom. The molecule has 0 bridgehead atoms. The van der Waals surface area contributed by atoms with Crippen molar-refractivity contribution in [2.75, 3.05) is 11.1 Å². The minimum absolute atomic E-state index is 0.151. The number of benzene rings is 3. The van der Waals surface area contributed by atoms with E-state index in [1.807, 2.05) is 60.0 Å². The summed E-state index contributed by atoms with van der Waals surface area (Å²) in [6, 6.07) is 21.4. The Kier molecular flexibility index (Phi) is 6.48. The van der Waals surface area contributed by atoms with E-state index in [2.05, 4.69) is 31.4 Å². The summed E-state index contributed by atoms with van der Waals surface area (Å²) in [4.78, 5) is 12.5. The van der Waals surface area contributed by atoms with E-state index >= 15 is 0 Å². The molecule has 0 saturated heterocycles. The topological polar surface area (TPSA) is 59.8 Å². The van der Waals surface area contributed by atoms with Gasteiger partial charge < -0.3 is 5.32 Å². The van der Waals surface area contributed by atoms with Gasteiger partial charge in [-0.1, -0.05) is 58.0 Å². The molecule has 0 unspecified atom stereocenters. The van der Waals surface area contributed by atoms with E-state index in [-0.39, 0.29) is 17.5 Å². The average Bonchev–Trinajstić information content (AvgIpc) is 3.20. The number of thioether (sulfide) groups is 1. The molecule has 0 spiro atoms. The zero-order valence-corrected chi connectivity index (χ0v) is 19.0. The van der Waals surface area contributed by atoms with Crippen LogP contribution in [0.3, 0.4) is 0 Å². The van der Waals surface area contributed by atoms with E-state index in [1.165, 1.54) is 23.9 Å². The van der Waals surface area contributed by atoms with Crippen molar-refractivity contribution in [1.82, 2.24) is 14.8 Å². The van der Waals surface area contributed by atoms with Crippen LogP contribution in [-0.4, -0.2) is 26.4 Å². The van der Waals surface area contributed by atoms with Gasteiger partial charge in [0, 0.05) is 21.4 Å². The Labute approximate surface area is 191 Å². The second-order valence-corrected chi connectivity index (χ2v) is 8.58. The predicted molar refractivity (Wildman–Crippen MR) is 125 cm³/mol. The van der Waals surface area contributed by atoms with Crippen LogP contribution in [0.5, 0.6) is 0 Å². The third-order valence-electron chi connectivity index (χ3n) is 4.52. The minimum atomic E-state index is -0.323. The number of aromatic nitrogens is 3. The average molecular weight is 497 g/mol. The van der Waals surface area contributed by atoms with Crippen molar-refractivity contribution in [3.63, 3.8) is 0 Å². The molecule has 0 aliphatic rings. The molecule has 156 valence electrons. The normalized spacial score (nSPS) is 10.8. The number of carbonyl (C=O) groups excluding carboxylic acids is 1. The van der Waals surface area contributed by atoms with Gasteiger partial charge in [-0.2, -0.15) is 0 Å². The second kappa shape index (κ2) is 9.45. The molecular weight excluding hydrogens is 479 g/mol. The lowest BCUT2D eigenvalue weighted by molar-refractivity contribution is -0.113. The number of aryl methyl sites for hydroxylation is 1. The van der Waals surface area contributed by atoms with Crippen molar-refractivity contribution in [3.05, 3.63) is 88.6 Å². The van der Waals surface area contributed by atoms with Crippen LogP contribution in [0.15, 0.2) is 82.4 Å². The summed E-state index contributed by atoms with van der Waals surface area (Å²) in [5.41, 5.74) is 3.36. The maximum atomic E-state index is 13.5. The molecule has 0 radical (unpaired) electrons. The SMILES string of the molecule is Cc1cc(NC(=O)CSc2nnc(-c3ccccc3)n2-c2ccc(F)cc2)ccc1Br. The van der Waals surface area contributed by atoms with E-state index in [0.717, 1.165) is 27.0 Å².